The molecule has 0 spiro atoms. The molecule has 0 saturated heterocycles. The fraction of sp³-hybridized carbons (Fsp3) is 0.529. The van der Waals surface area contributed by atoms with Crippen LogP contribution >= 0.6 is 0 Å². The molecule has 0 fully saturated rings. The van der Waals surface area contributed by atoms with E-state index in [1.165, 1.54) is 5.56 Å². The molecule has 1 aromatic rings. The molecule has 5 nitrogen and oxygen atoms in total. The third-order valence-corrected chi connectivity index (χ3v) is 3.89. The highest BCUT2D eigenvalue weighted by molar-refractivity contribution is 5.82. The first-order chi connectivity index (χ1) is 10.4. The Hall–Kier alpha value is -2.04. The molecule has 0 aliphatic rings. The first kappa shape index (κ1) is 18.0. The number of rotatable bonds is 8. The molecular formula is C17H26N2O3. The Morgan fingerprint density at radius 1 is 1.09 bits per heavy atom. The number of hydrogen-bond donors (Lipinski definition) is 1. The van der Waals surface area contributed by atoms with Gasteiger partial charge in [-0.15, -0.1) is 0 Å². The molecule has 122 valence electrons. The highest BCUT2D eigenvalue weighted by Crippen LogP contribution is 2.19. The molecule has 1 rings (SSSR count). The average Bonchev–Trinajstić information content (AvgIpc) is 2.47. The monoisotopic (exact) mass is 306 g/mol. The van der Waals surface area contributed by atoms with Crippen LogP contribution in [0, 0.1) is 13.8 Å². The second-order valence-electron chi connectivity index (χ2n) is 5.40. The zero-order chi connectivity index (χ0) is 16.7. The number of likely N-dealkylation sites (N-methyl/N-ethyl adjacent to an activating group) is 1. The number of carboxylic acid groups (broad SMARTS) is 1. The molecule has 1 N–H and O–H groups in total. The van der Waals surface area contributed by atoms with Crippen LogP contribution < -0.4 is 4.90 Å². The van der Waals surface area contributed by atoms with Crippen molar-refractivity contribution in [1.29, 1.82) is 0 Å². The number of aryl methyl sites for hydroxylation is 2. The lowest BCUT2D eigenvalue weighted by Crippen LogP contribution is -2.41. The van der Waals surface area contributed by atoms with Gasteiger partial charge >= 0.3 is 5.97 Å². The van der Waals surface area contributed by atoms with Crippen LogP contribution in [0.1, 0.15) is 31.4 Å². The van der Waals surface area contributed by atoms with Crippen molar-refractivity contribution < 1.29 is 14.7 Å². The summed E-state index contributed by atoms with van der Waals surface area (Å²) >= 11 is 0. The molecule has 22 heavy (non-hydrogen) atoms. The summed E-state index contributed by atoms with van der Waals surface area (Å²) < 4.78 is 0. The molecule has 0 saturated carbocycles. The fourth-order valence-corrected chi connectivity index (χ4v) is 2.29. The first-order valence-corrected chi connectivity index (χ1v) is 7.70. The van der Waals surface area contributed by atoms with Gasteiger partial charge in [0.15, 0.2) is 0 Å². The molecule has 0 radical (unpaired) electrons. The van der Waals surface area contributed by atoms with Gasteiger partial charge < -0.3 is 14.9 Å². The lowest BCUT2D eigenvalue weighted by molar-refractivity contribution is -0.137. The molecule has 1 amide bonds. The van der Waals surface area contributed by atoms with E-state index in [2.05, 4.69) is 0 Å². The lowest BCUT2D eigenvalue weighted by atomic mass is 10.1. The number of carboxylic acids is 1. The van der Waals surface area contributed by atoms with Gasteiger partial charge in [0.1, 0.15) is 0 Å². The van der Waals surface area contributed by atoms with Crippen LogP contribution in [0.5, 0.6) is 0 Å². The summed E-state index contributed by atoms with van der Waals surface area (Å²) in [6.45, 7) is 9.78. The normalized spacial score (nSPS) is 10.4. The van der Waals surface area contributed by atoms with Gasteiger partial charge in [-0.2, -0.15) is 0 Å². The van der Waals surface area contributed by atoms with Crippen LogP contribution in [-0.4, -0.2) is 48.1 Å². The van der Waals surface area contributed by atoms with E-state index in [1.54, 1.807) is 4.90 Å². The third kappa shape index (κ3) is 5.06. The Morgan fingerprint density at radius 2 is 1.73 bits per heavy atom. The fourth-order valence-electron chi connectivity index (χ4n) is 2.29. The zero-order valence-electron chi connectivity index (χ0n) is 13.9. The standard InChI is InChI=1S/C17H26N2O3/c1-5-18(6-2)16(20)12-19(10-9-17(21)22)15-8-7-13(3)14(4)11-15/h7-8,11H,5-6,9-10,12H2,1-4H3,(H,21,22). The van der Waals surface area contributed by atoms with E-state index >= 15 is 0 Å². The van der Waals surface area contributed by atoms with Crippen molar-refractivity contribution in [3.05, 3.63) is 29.3 Å². The zero-order valence-corrected chi connectivity index (χ0v) is 13.9. The van der Waals surface area contributed by atoms with E-state index in [1.807, 2.05) is 50.8 Å². The third-order valence-electron chi connectivity index (χ3n) is 3.89. The van der Waals surface area contributed by atoms with Crippen LogP contribution in [0.15, 0.2) is 18.2 Å². The lowest BCUT2D eigenvalue weighted by Gasteiger charge is -2.28. The van der Waals surface area contributed by atoms with Crippen LogP contribution in [-0.2, 0) is 9.59 Å². The Labute approximate surface area is 132 Å². The smallest absolute Gasteiger partial charge is 0.305 e. The Kier molecular flexibility index (Phi) is 6.89. The predicted octanol–water partition coefficient (Wildman–Crippen LogP) is 2.45. The van der Waals surface area contributed by atoms with Crippen LogP contribution in [0.4, 0.5) is 5.69 Å². The van der Waals surface area contributed by atoms with Crippen molar-refractivity contribution >= 4 is 17.6 Å². The minimum absolute atomic E-state index is 0.0124. The predicted molar refractivity (Wildman–Crippen MR) is 88.3 cm³/mol. The molecule has 0 aromatic heterocycles. The number of carbonyl (C=O) groups excluding carboxylic acids is 1. The van der Waals surface area contributed by atoms with Gasteiger partial charge in [0.05, 0.1) is 13.0 Å². The number of hydrogen-bond acceptors (Lipinski definition) is 3. The minimum Gasteiger partial charge on any atom is -0.481 e. The van der Waals surface area contributed by atoms with Gasteiger partial charge in [-0.05, 0) is 51.0 Å². The van der Waals surface area contributed by atoms with Gasteiger partial charge in [0.25, 0.3) is 0 Å². The maximum atomic E-state index is 12.3. The highest BCUT2D eigenvalue weighted by Gasteiger charge is 2.17. The highest BCUT2D eigenvalue weighted by atomic mass is 16.4. The molecule has 0 aliphatic carbocycles. The quantitative estimate of drug-likeness (QED) is 0.801. The SMILES string of the molecule is CCN(CC)C(=O)CN(CCC(=O)O)c1ccc(C)c(C)c1. The van der Waals surface area contributed by atoms with Gasteiger partial charge in [-0.25, -0.2) is 0 Å². The maximum absolute atomic E-state index is 12.3. The van der Waals surface area contributed by atoms with Crippen molar-refractivity contribution in [1.82, 2.24) is 4.90 Å². The number of nitrogens with zero attached hydrogens (tertiary/aromatic N) is 2. The minimum atomic E-state index is -0.857. The van der Waals surface area contributed by atoms with Gasteiger partial charge in [0, 0.05) is 25.3 Å². The van der Waals surface area contributed by atoms with Crippen molar-refractivity contribution in [3.63, 3.8) is 0 Å². The van der Waals surface area contributed by atoms with Gasteiger partial charge in [0.2, 0.25) is 5.91 Å². The van der Waals surface area contributed by atoms with Gasteiger partial charge in [-0.3, -0.25) is 9.59 Å². The maximum Gasteiger partial charge on any atom is 0.305 e. The van der Waals surface area contributed by atoms with Gasteiger partial charge in [-0.1, -0.05) is 6.07 Å². The van der Waals surface area contributed by atoms with Crippen molar-refractivity contribution in [2.75, 3.05) is 31.1 Å². The summed E-state index contributed by atoms with van der Waals surface area (Å²) in [5.74, 6) is -0.835. The average molecular weight is 306 g/mol. The van der Waals surface area contributed by atoms with Crippen molar-refractivity contribution in [2.24, 2.45) is 0 Å². The Morgan fingerprint density at radius 3 is 2.23 bits per heavy atom. The molecule has 1 aromatic carbocycles. The summed E-state index contributed by atoms with van der Waals surface area (Å²) in [4.78, 5) is 26.8. The molecule has 0 bridgehead atoms. The van der Waals surface area contributed by atoms with Crippen LogP contribution in [0.2, 0.25) is 0 Å². The number of carbonyl (C=O) groups is 2. The number of aliphatic carboxylic acids is 1. The molecule has 0 heterocycles. The second kappa shape index (κ2) is 8.41. The largest absolute Gasteiger partial charge is 0.481 e. The summed E-state index contributed by atoms with van der Waals surface area (Å²) in [6.07, 6.45) is 0.0124. The summed E-state index contributed by atoms with van der Waals surface area (Å²) in [5.41, 5.74) is 3.20. The molecule has 5 heteroatoms. The van der Waals surface area contributed by atoms with E-state index in [0.29, 0.717) is 19.6 Å². The molecule has 0 atom stereocenters. The number of anilines is 1. The molecular weight excluding hydrogens is 280 g/mol. The topological polar surface area (TPSA) is 60.9 Å². The summed E-state index contributed by atoms with van der Waals surface area (Å²) in [5, 5.41) is 8.92. The van der Waals surface area contributed by atoms with Crippen molar-refractivity contribution in [3.8, 4) is 0 Å². The number of amides is 1. The molecule has 0 aliphatic heterocycles. The van der Waals surface area contributed by atoms with Crippen LogP contribution in [0.3, 0.4) is 0 Å². The van der Waals surface area contributed by atoms with E-state index in [0.717, 1.165) is 11.3 Å². The van der Waals surface area contributed by atoms with E-state index < -0.39 is 5.97 Å². The second-order valence-corrected chi connectivity index (χ2v) is 5.40. The summed E-state index contributed by atoms with van der Waals surface area (Å²) in [6, 6.07) is 5.95. The van der Waals surface area contributed by atoms with E-state index in [4.69, 9.17) is 5.11 Å². The Balaban J connectivity index is 2.94. The van der Waals surface area contributed by atoms with E-state index in [-0.39, 0.29) is 18.9 Å². The first-order valence-electron chi connectivity index (χ1n) is 7.70. The van der Waals surface area contributed by atoms with Crippen molar-refractivity contribution in [2.45, 2.75) is 34.1 Å². The summed E-state index contributed by atoms with van der Waals surface area (Å²) in [7, 11) is 0. The van der Waals surface area contributed by atoms with Crippen LogP contribution in [0.25, 0.3) is 0 Å². The Bertz CT molecular complexity index is 525. The molecule has 0 unspecified atom stereocenters. The number of benzene rings is 1. The van der Waals surface area contributed by atoms with E-state index in [9.17, 15) is 9.59 Å².